The molecule has 0 radical (unpaired) electrons. The molecule has 6 heteroatoms. The van der Waals surface area contributed by atoms with Crippen molar-refractivity contribution >= 4 is 17.9 Å². The van der Waals surface area contributed by atoms with Gasteiger partial charge in [-0.2, -0.15) is 0 Å². The summed E-state index contributed by atoms with van der Waals surface area (Å²) in [6.45, 7) is 6.62. The summed E-state index contributed by atoms with van der Waals surface area (Å²) in [4.78, 5) is 38.3. The smallest absolute Gasteiger partial charge is 0.306 e. The van der Waals surface area contributed by atoms with Crippen LogP contribution < -0.4 is 0 Å². The first-order valence-corrected chi connectivity index (χ1v) is 31.8. The lowest BCUT2D eigenvalue weighted by Gasteiger charge is -2.18. The van der Waals surface area contributed by atoms with E-state index in [-0.39, 0.29) is 31.1 Å². The average Bonchev–Trinajstić information content (AvgIpc) is 3.39. The summed E-state index contributed by atoms with van der Waals surface area (Å²) in [5, 5.41) is 0. The van der Waals surface area contributed by atoms with Crippen molar-refractivity contribution in [2.45, 2.75) is 335 Å². The fourth-order valence-electron chi connectivity index (χ4n) is 9.19. The first-order chi connectivity index (χ1) is 36.0. The van der Waals surface area contributed by atoms with Crippen LogP contribution in [-0.4, -0.2) is 37.2 Å². The summed E-state index contributed by atoms with van der Waals surface area (Å²) in [6.07, 6.45) is 77.8. The molecular formula is C67H120O6. The first-order valence-electron chi connectivity index (χ1n) is 31.8. The second kappa shape index (κ2) is 61.7. The fraction of sp³-hybridized carbons (Fsp3) is 0.806. The van der Waals surface area contributed by atoms with Crippen molar-refractivity contribution in [3.8, 4) is 0 Å². The van der Waals surface area contributed by atoms with Crippen molar-refractivity contribution < 1.29 is 28.6 Å². The lowest BCUT2D eigenvalue weighted by molar-refractivity contribution is -0.167. The van der Waals surface area contributed by atoms with Gasteiger partial charge in [0.05, 0.1) is 0 Å². The van der Waals surface area contributed by atoms with E-state index >= 15 is 0 Å². The molecule has 0 saturated heterocycles. The Kier molecular flexibility index (Phi) is 59.2. The number of hydrogen-bond acceptors (Lipinski definition) is 6. The summed E-state index contributed by atoms with van der Waals surface area (Å²) in [5.74, 6) is -0.876. The summed E-state index contributed by atoms with van der Waals surface area (Å²) < 4.78 is 16.9. The lowest BCUT2D eigenvalue weighted by atomic mass is 10.0. The maximum atomic E-state index is 12.9. The molecular weight excluding hydrogens is 901 g/mol. The zero-order valence-electron chi connectivity index (χ0n) is 48.7. The number of ether oxygens (including phenoxy) is 3. The average molecular weight is 1020 g/mol. The molecule has 0 N–H and O–H groups in total. The predicted octanol–water partition coefficient (Wildman–Crippen LogP) is 21.6. The van der Waals surface area contributed by atoms with Gasteiger partial charge in [0.1, 0.15) is 13.2 Å². The minimum Gasteiger partial charge on any atom is -0.462 e. The molecule has 0 bridgehead atoms. The normalized spacial score (nSPS) is 12.4. The van der Waals surface area contributed by atoms with E-state index in [4.69, 9.17) is 14.2 Å². The van der Waals surface area contributed by atoms with Crippen molar-refractivity contribution in [3.63, 3.8) is 0 Å². The van der Waals surface area contributed by atoms with Crippen molar-refractivity contribution in [2.75, 3.05) is 13.2 Å². The number of unbranched alkanes of at least 4 members (excludes halogenated alkanes) is 37. The van der Waals surface area contributed by atoms with Gasteiger partial charge in [-0.1, -0.05) is 281 Å². The van der Waals surface area contributed by atoms with Gasteiger partial charge in [0, 0.05) is 19.3 Å². The molecule has 0 unspecified atom stereocenters. The van der Waals surface area contributed by atoms with E-state index in [2.05, 4.69) is 81.5 Å². The Balaban J connectivity index is 4.38. The molecule has 0 fully saturated rings. The molecule has 0 amide bonds. The molecule has 0 aliphatic rings. The highest BCUT2D eigenvalue weighted by Gasteiger charge is 2.19. The highest BCUT2D eigenvalue weighted by atomic mass is 16.6. The SMILES string of the molecule is CCCCC/C=C\C/C=C\C/C=C\CCCCCCCCC(=O)OC[C@@H](COC(=O)CCCCCCCCCCCCCCCCCCC)OC(=O)CCCCCCCCCCC/C=C\C/C=C\CCCCC. The molecule has 0 rings (SSSR count). The Labute approximate surface area is 453 Å². The third kappa shape index (κ3) is 59.9. The Morgan fingerprint density at radius 3 is 0.795 bits per heavy atom. The standard InChI is InChI=1S/C67H120O6/c1-4-7-10-13-16-19-22-25-28-31-33-36-39-42-45-48-51-54-57-60-66(69)72-63-64(62-71-65(68)59-56-53-50-47-44-41-38-35-30-27-24-21-18-15-12-9-6-3)73-67(70)61-58-55-52-49-46-43-40-37-34-32-29-26-23-20-17-14-11-8-5-2/h16-17,19-20,25-26,28-29,33,36,64H,4-15,18,21-24,27,30-32,34-35,37-63H2,1-3H3/b19-16-,20-17-,28-25-,29-26-,36-33-/t64-/m1/s1. The summed E-state index contributed by atoms with van der Waals surface area (Å²) in [7, 11) is 0. The zero-order chi connectivity index (χ0) is 52.9. The second-order valence-corrected chi connectivity index (χ2v) is 21.3. The van der Waals surface area contributed by atoms with Crippen LogP contribution in [-0.2, 0) is 28.6 Å². The van der Waals surface area contributed by atoms with Gasteiger partial charge in [0.25, 0.3) is 0 Å². The third-order valence-corrected chi connectivity index (χ3v) is 14.0. The Hall–Kier alpha value is -2.89. The molecule has 0 heterocycles. The van der Waals surface area contributed by atoms with Crippen LogP contribution in [0.1, 0.15) is 329 Å². The van der Waals surface area contributed by atoms with E-state index in [0.717, 1.165) is 83.5 Å². The summed E-state index contributed by atoms with van der Waals surface area (Å²) >= 11 is 0. The van der Waals surface area contributed by atoms with Crippen LogP contribution in [0.15, 0.2) is 60.8 Å². The number of hydrogen-bond donors (Lipinski definition) is 0. The van der Waals surface area contributed by atoms with Gasteiger partial charge < -0.3 is 14.2 Å². The van der Waals surface area contributed by atoms with Crippen LogP contribution in [0.2, 0.25) is 0 Å². The van der Waals surface area contributed by atoms with Crippen molar-refractivity contribution in [1.82, 2.24) is 0 Å². The van der Waals surface area contributed by atoms with E-state index in [9.17, 15) is 14.4 Å². The number of allylic oxidation sites excluding steroid dienone is 10. The van der Waals surface area contributed by atoms with E-state index in [1.165, 1.54) is 205 Å². The van der Waals surface area contributed by atoms with E-state index < -0.39 is 6.10 Å². The van der Waals surface area contributed by atoms with Gasteiger partial charge in [0.2, 0.25) is 0 Å². The lowest BCUT2D eigenvalue weighted by Crippen LogP contribution is -2.30. The van der Waals surface area contributed by atoms with Crippen molar-refractivity contribution in [1.29, 1.82) is 0 Å². The predicted molar refractivity (Wildman–Crippen MR) is 316 cm³/mol. The van der Waals surface area contributed by atoms with Gasteiger partial charge in [-0.25, -0.2) is 0 Å². The molecule has 424 valence electrons. The summed E-state index contributed by atoms with van der Waals surface area (Å²) in [6, 6.07) is 0. The zero-order valence-corrected chi connectivity index (χ0v) is 48.7. The van der Waals surface area contributed by atoms with E-state index in [1.807, 2.05) is 0 Å². The van der Waals surface area contributed by atoms with Crippen molar-refractivity contribution in [2.24, 2.45) is 0 Å². The second-order valence-electron chi connectivity index (χ2n) is 21.3. The number of rotatable bonds is 58. The van der Waals surface area contributed by atoms with Gasteiger partial charge >= 0.3 is 17.9 Å². The van der Waals surface area contributed by atoms with Crippen LogP contribution in [0, 0.1) is 0 Å². The molecule has 0 saturated carbocycles. The Morgan fingerprint density at radius 2 is 0.493 bits per heavy atom. The monoisotopic (exact) mass is 1020 g/mol. The minimum atomic E-state index is -0.782. The first kappa shape index (κ1) is 70.1. The minimum absolute atomic E-state index is 0.0770. The Morgan fingerprint density at radius 1 is 0.274 bits per heavy atom. The maximum absolute atomic E-state index is 12.9. The largest absolute Gasteiger partial charge is 0.462 e. The van der Waals surface area contributed by atoms with E-state index in [0.29, 0.717) is 19.3 Å². The molecule has 0 aromatic rings. The molecule has 73 heavy (non-hydrogen) atoms. The number of carbonyl (C=O) groups excluding carboxylic acids is 3. The highest BCUT2D eigenvalue weighted by molar-refractivity contribution is 5.71. The van der Waals surface area contributed by atoms with Crippen LogP contribution >= 0.6 is 0 Å². The fourth-order valence-corrected chi connectivity index (χ4v) is 9.19. The quantitative estimate of drug-likeness (QED) is 0.0261. The van der Waals surface area contributed by atoms with Gasteiger partial charge in [0.15, 0.2) is 6.10 Å². The van der Waals surface area contributed by atoms with Gasteiger partial charge in [-0.05, 0) is 89.9 Å². The van der Waals surface area contributed by atoms with Crippen LogP contribution in [0.5, 0.6) is 0 Å². The van der Waals surface area contributed by atoms with Crippen LogP contribution in [0.4, 0.5) is 0 Å². The molecule has 0 aliphatic heterocycles. The molecule has 6 nitrogen and oxygen atoms in total. The third-order valence-electron chi connectivity index (χ3n) is 14.0. The van der Waals surface area contributed by atoms with Crippen LogP contribution in [0.3, 0.4) is 0 Å². The molecule has 0 aromatic heterocycles. The van der Waals surface area contributed by atoms with Gasteiger partial charge in [-0.15, -0.1) is 0 Å². The maximum Gasteiger partial charge on any atom is 0.306 e. The topological polar surface area (TPSA) is 78.9 Å². The molecule has 0 aliphatic carbocycles. The Bertz CT molecular complexity index is 1310. The van der Waals surface area contributed by atoms with Crippen LogP contribution in [0.25, 0.3) is 0 Å². The van der Waals surface area contributed by atoms with Crippen molar-refractivity contribution in [3.05, 3.63) is 60.8 Å². The summed E-state index contributed by atoms with van der Waals surface area (Å²) in [5.41, 5.74) is 0. The molecule has 0 aromatic carbocycles. The number of carbonyl (C=O) groups is 3. The molecule has 0 spiro atoms. The molecule has 1 atom stereocenters. The number of esters is 3. The van der Waals surface area contributed by atoms with E-state index in [1.54, 1.807) is 0 Å². The highest BCUT2D eigenvalue weighted by Crippen LogP contribution is 2.17. The van der Waals surface area contributed by atoms with Gasteiger partial charge in [-0.3, -0.25) is 14.4 Å².